The number of hydrogen-bond donors (Lipinski definition) is 2. The molecule has 0 saturated carbocycles. The Morgan fingerprint density at radius 1 is 1.14 bits per heavy atom. The summed E-state index contributed by atoms with van der Waals surface area (Å²) in [6.07, 6.45) is 1.56. The number of carbonyl (C=O) groups is 1. The van der Waals surface area contributed by atoms with E-state index in [0.717, 1.165) is 10.0 Å². The van der Waals surface area contributed by atoms with Crippen molar-refractivity contribution in [3.8, 4) is 11.5 Å². The molecule has 3 aromatic rings. The molecule has 0 saturated heterocycles. The van der Waals surface area contributed by atoms with E-state index < -0.39 is 0 Å². The molecule has 0 fully saturated rings. The van der Waals surface area contributed by atoms with Gasteiger partial charge >= 0.3 is 0 Å². The van der Waals surface area contributed by atoms with Gasteiger partial charge in [-0.1, -0.05) is 33.6 Å². The van der Waals surface area contributed by atoms with Gasteiger partial charge in [0, 0.05) is 27.5 Å². The smallest absolute Gasteiger partial charge is 0.255 e. The summed E-state index contributed by atoms with van der Waals surface area (Å²) in [6.45, 7) is 1.95. The molecular weight excluding hydrogens is 420 g/mol. The summed E-state index contributed by atoms with van der Waals surface area (Å²) in [7, 11) is 1.49. The molecule has 1 amide bonds. The number of amides is 1. The lowest BCUT2D eigenvalue weighted by Crippen LogP contribution is -2.11. The van der Waals surface area contributed by atoms with Crippen LogP contribution in [0.15, 0.2) is 70.1 Å². The lowest BCUT2D eigenvalue weighted by molar-refractivity contribution is 0.102. The SMILES string of the molecule is COc1cc(Br)cc(C=Nc2ccc(NC(=O)c3cccc(C)c3)cc2)c1O. The van der Waals surface area contributed by atoms with E-state index in [1.165, 1.54) is 7.11 Å². The topological polar surface area (TPSA) is 70.9 Å². The van der Waals surface area contributed by atoms with Crippen LogP contribution in [0.1, 0.15) is 21.5 Å². The van der Waals surface area contributed by atoms with Crippen molar-refractivity contribution in [3.63, 3.8) is 0 Å². The van der Waals surface area contributed by atoms with Crippen LogP contribution < -0.4 is 10.1 Å². The van der Waals surface area contributed by atoms with Crippen LogP contribution in [0.5, 0.6) is 11.5 Å². The number of aryl methyl sites for hydroxylation is 1. The van der Waals surface area contributed by atoms with Gasteiger partial charge in [0.1, 0.15) is 0 Å². The minimum absolute atomic E-state index is 0.0245. The first-order chi connectivity index (χ1) is 13.5. The van der Waals surface area contributed by atoms with Crippen molar-refractivity contribution in [1.29, 1.82) is 0 Å². The number of carbonyl (C=O) groups excluding carboxylic acids is 1. The van der Waals surface area contributed by atoms with Gasteiger partial charge in [-0.25, -0.2) is 0 Å². The third-order valence-electron chi connectivity index (χ3n) is 4.05. The fourth-order valence-corrected chi connectivity index (χ4v) is 3.07. The molecule has 3 rings (SSSR count). The Bertz CT molecular complexity index is 1030. The minimum atomic E-state index is -0.161. The quantitative estimate of drug-likeness (QED) is 0.518. The number of nitrogens with one attached hydrogen (secondary N) is 1. The Morgan fingerprint density at radius 3 is 2.57 bits per heavy atom. The van der Waals surface area contributed by atoms with Crippen molar-refractivity contribution in [1.82, 2.24) is 0 Å². The molecule has 3 aromatic carbocycles. The number of phenols is 1. The van der Waals surface area contributed by atoms with Gasteiger partial charge < -0.3 is 15.2 Å². The molecule has 0 heterocycles. The van der Waals surface area contributed by atoms with Crippen LogP contribution in [-0.2, 0) is 0 Å². The summed E-state index contributed by atoms with van der Waals surface area (Å²) in [6, 6.07) is 18.0. The van der Waals surface area contributed by atoms with Crippen molar-refractivity contribution in [2.45, 2.75) is 6.92 Å². The maximum Gasteiger partial charge on any atom is 0.255 e. The van der Waals surface area contributed by atoms with Gasteiger partial charge in [-0.2, -0.15) is 0 Å². The molecule has 0 aliphatic rings. The maximum atomic E-state index is 12.3. The Morgan fingerprint density at radius 2 is 1.89 bits per heavy atom. The highest BCUT2D eigenvalue weighted by Crippen LogP contribution is 2.33. The van der Waals surface area contributed by atoms with E-state index in [-0.39, 0.29) is 11.7 Å². The highest BCUT2D eigenvalue weighted by Gasteiger charge is 2.08. The number of halogens is 1. The number of aliphatic imine (C=N–C) groups is 1. The third kappa shape index (κ3) is 4.78. The molecule has 0 aliphatic heterocycles. The number of rotatable bonds is 5. The predicted octanol–water partition coefficient (Wildman–Crippen LogP) is 5.47. The van der Waals surface area contributed by atoms with Crippen molar-refractivity contribution >= 4 is 39.4 Å². The maximum absolute atomic E-state index is 12.3. The van der Waals surface area contributed by atoms with Crippen molar-refractivity contribution < 1.29 is 14.6 Å². The van der Waals surface area contributed by atoms with Crippen molar-refractivity contribution in [2.75, 3.05) is 12.4 Å². The van der Waals surface area contributed by atoms with Gasteiger partial charge in [-0.3, -0.25) is 9.79 Å². The van der Waals surface area contributed by atoms with Crippen LogP contribution >= 0.6 is 15.9 Å². The van der Waals surface area contributed by atoms with E-state index in [4.69, 9.17) is 4.74 Å². The van der Waals surface area contributed by atoms with Crippen LogP contribution in [0, 0.1) is 6.92 Å². The van der Waals surface area contributed by atoms with Gasteiger partial charge in [-0.05, 0) is 55.5 Å². The molecule has 0 atom stereocenters. The van der Waals surface area contributed by atoms with E-state index in [1.54, 1.807) is 48.7 Å². The largest absolute Gasteiger partial charge is 0.504 e. The number of ether oxygens (including phenoxy) is 1. The Balaban J connectivity index is 1.72. The zero-order chi connectivity index (χ0) is 20.1. The zero-order valence-corrected chi connectivity index (χ0v) is 17.0. The average molecular weight is 439 g/mol. The molecule has 0 bridgehead atoms. The van der Waals surface area contributed by atoms with Crippen LogP contribution in [0.2, 0.25) is 0 Å². The van der Waals surface area contributed by atoms with Crippen LogP contribution in [0.25, 0.3) is 0 Å². The molecule has 0 aliphatic carbocycles. The van der Waals surface area contributed by atoms with E-state index >= 15 is 0 Å². The van der Waals surface area contributed by atoms with Gasteiger partial charge in [0.15, 0.2) is 11.5 Å². The average Bonchev–Trinajstić information content (AvgIpc) is 2.69. The number of hydrogen-bond acceptors (Lipinski definition) is 4. The Hall–Kier alpha value is -3.12. The predicted molar refractivity (Wildman–Crippen MR) is 115 cm³/mol. The molecule has 2 N–H and O–H groups in total. The van der Waals surface area contributed by atoms with Crippen molar-refractivity contribution in [2.24, 2.45) is 4.99 Å². The first kappa shape index (κ1) is 19.6. The first-order valence-corrected chi connectivity index (χ1v) is 9.34. The van der Waals surface area contributed by atoms with Crippen LogP contribution in [0.4, 0.5) is 11.4 Å². The summed E-state index contributed by atoms with van der Waals surface area (Å²) in [5.41, 5.74) is 3.54. The summed E-state index contributed by atoms with van der Waals surface area (Å²) >= 11 is 3.38. The molecule has 5 nitrogen and oxygen atoms in total. The van der Waals surface area contributed by atoms with Gasteiger partial charge in [0.25, 0.3) is 5.91 Å². The number of phenolic OH excluding ortho intramolecular Hbond substituents is 1. The second kappa shape index (κ2) is 8.71. The summed E-state index contributed by atoms with van der Waals surface area (Å²) in [4.78, 5) is 16.7. The lowest BCUT2D eigenvalue weighted by atomic mass is 10.1. The Kier molecular flexibility index (Phi) is 6.11. The number of benzene rings is 3. The first-order valence-electron chi connectivity index (χ1n) is 8.55. The number of nitrogens with zero attached hydrogens (tertiary/aromatic N) is 1. The fourth-order valence-electron chi connectivity index (χ4n) is 2.61. The van der Waals surface area contributed by atoms with Gasteiger partial charge in [-0.15, -0.1) is 0 Å². The monoisotopic (exact) mass is 438 g/mol. The molecule has 0 aromatic heterocycles. The van der Waals surface area contributed by atoms with E-state index in [2.05, 4.69) is 26.2 Å². The summed E-state index contributed by atoms with van der Waals surface area (Å²) in [5.74, 6) is 0.229. The highest BCUT2D eigenvalue weighted by molar-refractivity contribution is 9.10. The molecule has 28 heavy (non-hydrogen) atoms. The second-order valence-corrected chi connectivity index (χ2v) is 7.09. The summed E-state index contributed by atoms with van der Waals surface area (Å²) in [5, 5.41) is 13.0. The van der Waals surface area contributed by atoms with E-state index in [9.17, 15) is 9.90 Å². The number of anilines is 1. The Labute approximate surface area is 171 Å². The fraction of sp³-hybridized carbons (Fsp3) is 0.0909. The van der Waals surface area contributed by atoms with Crippen LogP contribution in [0.3, 0.4) is 0 Å². The molecule has 0 unspecified atom stereocenters. The third-order valence-corrected chi connectivity index (χ3v) is 4.51. The van der Waals surface area contributed by atoms with E-state index in [0.29, 0.717) is 28.3 Å². The normalized spacial score (nSPS) is 10.8. The molecule has 0 radical (unpaired) electrons. The summed E-state index contributed by atoms with van der Waals surface area (Å²) < 4.78 is 5.91. The second-order valence-electron chi connectivity index (χ2n) is 6.17. The van der Waals surface area contributed by atoms with Gasteiger partial charge in [0.2, 0.25) is 0 Å². The minimum Gasteiger partial charge on any atom is -0.504 e. The molecule has 142 valence electrons. The van der Waals surface area contributed by atoms with Crippen molar-refractivity contribution in [3.05, 3.63) is 81.8 Å². The van der Waals surface area contributed by atoms with Gasteiger partial charge in [0.05, 0.1) is 12.8 Å². The molecule has 6 heteroatoms. The zero-order valence-electron chi connectivity index (χ0n) is 15.4. The van der Waals surface area contributed by atoms with E-state index in [1.807, 2.05) is 25.1 Å². The molecular formula is C22H19BrN2O3. The molecule has 0 spiro atoms. The lowest BCUT2D eigenvalue weighted by Gasteiger charge is -2.07. The number of methoxy groups -OCH3 is 1. The standard InChI is InChI=1S/C22H19BrN2O3/c1-14-4-3-5-15(10-14)22(27)25-19-8-6-18(7-9-19)24-13-16-11-17(23)12-20(28-2)21(16)26/h3-13,26H,1-2H3,(H,25,27). The van der Waals surface area contributed by atoms with Crippen LogP contribution in [-0.4, -0.2) is 24.3 Å². The number of aromatic hydroxyl groups is 1. The highest BCUT2D eigenvalue weighted by atomic mass is 79.9.